The molecule has 1 aliphatic carbocycles. The molecule has 0 aromatic carbocycles. The number of aromatic nitrogens is 1. The van der Waals surface area contributed by atoms with Gasteiger partial charge in [-0.05, 0) is 35.9 Å². The van der Waals surface area contributed by atoms with Crippen LogP contribution in [0.25, 0.3) is 0 Å². The second-order valence-corrected chi connectivity index (χ2v) is 6.28. The maximum atomic E-state index is 11.5. The van der Waals surface area contributed by atoms with Crippen LogP contribution in [0, 0.1) is 17.8 Å². The molecular weight excluding hydrogens is 270 g/mol. The molecule has 1 aromatic rings. The third-order valence-corrected chi connectivity index (χ3v) is 4.88. The second kappa shape index (κ2) is 4.72. The van der Waals surface area contributed by atoms with Crippen molar-refractivity contribution >= 4 is 29.5 Å². The molecule has 18 heavy (non-hydrogen) atoms. The highest BCUT2D eigenvalue weighted by molar-refractivity contribution is 7.97. The van der Waals surface area contributed by atoms with Gasteiger partial charge in [0, 0.05) is 37.1 Å². The van der Waals surface area contributed by atoms with Gasteiger partial charge in [-0.15, -0.1) is 0 Å². The number of carbonyl (C=O) groups excluding carboxylic acids is 1. The maximum Gasteiger partial charge on any atom is 0.223 e. The molecule has 1 amide bonds. The van der Waals surface area contributed by atoms with Crippen LogP contribution in [0.5, 0.6) is 0 Å². The molecule has 1 unspecified atom stereocenters. The zero-order valence-corrected chi connectivity index (χ0v) is 11.5. The van der Waals surface area contributed by atoms with Crippen molar-refractivity contribution in [2.75, 3.05) is 20.1 Å². The SMILES string of the molecule is CNC(=O)C1[C@H]2CN(Sc3ccc(Cl)nc3)C[C@@H]12. The summed E-state index contributed by atoms with van der Waals surface area (Å²) in [5.74, 6) is 1.52. The summed E-state index contributed by atoms with van der Waals surface area (Å²) in [4.78, 5) is 16.7. The van der Waals surface area contributed by atoms with E-state index in [9.17, 15) is 4.79 Å². The van der Waals surface area contributed by atoms with Crippen molar-refractivity contribution < 1.29 is 4.79 Å². The smallest absolute Gasteiger partial charge is 0.223 e. The summed E-state index contributed by atoms with van der Waals surface area (Å²) in [6.07, 6.45) is 1.78. The van der Waals surface area contributed by atoms with Gasteiger partial charge in [0.25, 0.3) is 0 Å². The molecule has 4 nitrogen and oxygen atoms in total. The predicted molar refractivity (Wildman–Crippen MR) is 71.2 cm³/mol. The molecule has 1 saturated heterocycles. The number of halogens is 1. The van der Waals surface area contributed by atoms with Crippen LogP contribution in [0.1, 0.15) is 0 Å². The van der Waals surface area contributed by atoms with Gasteiger partial charge < -0.3 is 5.32 Å². The number of nitrogens with zero attached hydrogens (tertiary/aromatic N) is 2. The Labute approximate surface area is 115 Å². The Hall–Kier alpha value is -0.780. The summed E-state index contributed by atoms with van der Waals surface area (Å²) in [7, 11) is 1.71. The quantitative estimate of drug-likeness (QED) is 0.677. The van der Waals surface area contributed by atoms with E-state index in [0.29, 0.717) is 17.0 Å². The number of piperidine rings is 1. The molecule has 2 heterocycles. The van der Waals surface area contributed by atoms with E-state index in [1.165, 1.54) is 0 Å². The zero-order chi connectivity index (χ0) is 12.7. The van der Waals surface area contributed by atoms with Crippen molar-refractivity contribution in [3.63, 3.8) is 0 Å². The first-order valence-electron chi connectivity index (χ1n) is 5.95. The van der Waals surface area contributed by atoms with E-state index >= 15 is 0 Å². The number of rotatable bonds is 3. The van der Waals surface area contributed by atoms with Crippen LogP contribution in [0.15, 0.2) is 23.2 Å². The fraction of sp³-hybridized carbons (Fsp3) is 0.500. The van der Waals surface area contributed by atoms with Crippen molar-refractivity contribution in [2.45, 2.75) is 4.90 Å². The van der Waals surface area contributed by atoms with Gasteiger partial charge in [0.1, 0.15) is 5.15 Å². The highest BCUT2D eigenvalue weighted by Gasteiger charge is 2.59. The minimum absolute atomic E-state index is 0.197. The van der Waals surface area contributed by atoms with Gasteiger partial charge >= 0.3 is 0 Å². The largest absolute Gasteiger partial charge is 0.359 e. The highest BCUT2D eigenvalue weighted by atomic mass is 35.5. The van der Waals surface area contributed by atoms with E-state index in [1.54, 1.807) is 31.3 Å². The molecule has 0 radical (unpaired) electrons. The van der Waals surface area contributed by atoms with Crippen molar-refractivity contribution in [1.29, 1.82) is 0 Å². The average molecular weight is 284 g/mol. The Morgan fingerprint density at radius 2 is 2.22 bits per heavy atom. The fourth-order valence-electron chi connectivity index (χ4n) is 2.68. The monoisotopic (exact) mass is 283 g/mol. The summed E-state index contributed by atoms with van der Waals surface area (Å²) in [6.45, 7) is 1.96. The number of fused-ring (bicyclic) bond motifs is 1. The van der Waals surface area contributed by atoms with Crippen LogP contribution in [0.4, 0.5) is 0 Å². The Bertz CT molecular complexity index is 455. The Balaban J connectivity index is 1.54. The maximum absolute atomic E-state index is 11.5. The lowest BCUT2D eigenvalue weighted by atomic mass is 10.2. The molecule has 1 aromatic heterocycles. The fourth-order valence-corrected chi connectivity index (χ4v) is 3.82. The number of pyridine rings is 1. The van der Waals surface area contributed by atoms with Crippen molar-refractivity contribution in [2.24, 2.45) is 17.8 Å². The molecule has 1 saturated carbocycles. The van der Waals surface area contributed by atoms with Crippen LogP contribution in [-0.2, 0) is 4.79 Å². The normalized spacial score (nSPS) is 30.0. The number of amides is 1. The lowest BCUT2D eigenvalue weighted by Gasteiger charge is -2.17. The van der Waals surface area contributed by atoms with E-state index < -0.39 is 0 Å². The van der Waals surface area contributed by atoms with Gasteiger partial charge in [-0.25, -0.2) is 9.29 Å². The van der Waals surface area contributed by atoms with Crippen molar-refractivity contribution in [3.05, 3.63) is 23.5 Å². The molecule has 0 bridgehead atoms. The number of hydrogen-bond donors (Lipinski definition) is 1. The minimum atomic E-state index is 0.197. The van der Waals surface area contributed by atoms with E-state index in [-0.39, 0.29) is 11.8 Å². The van der Waals surface area contributed by atoms with Gasteiger partial charge in [-0.2, -0.15) is 0 Å². The van der Waals surface area contributed by atoms with E-state index in [4.69, 9.17) is 11.6 Å². The third-order valence-electron chi connectivity index (χ3n) is 3.64. The van der Waals surface area contributed by atoms with Crippen molar-refractivity contribution in [3.8, 4) is 0 Å². The molecule has 1 N–H and O–H groups in total. The Kier molecular flexibility index (Phi) is 3.21. The summed E-state index contributed by atoms with van der Waals surface area (Å²) in [5.41, 5.74) is 0. The molecule has 3 rings (SSSR count). The lowest BCUT2D eigenvalue weighted by Crippen LogP contribution is -2.26. The molecule has 0 spiro atoms. The Morgan fingerprint density at radius 3 is 2.78 bits per heavy atom. The van der Waals surface area contributed by atoms with E-state index in [0.717, 1.165) is 18.0 Å². The molecule has 3 atom stereocenters. The van der Waals surface area contributed by atoms with Crippen LogP contribution in [0.2, 0.25) is 5.15 Å². The van der Waals surface area contributed by atoms with Crippen LogP contribution in [0.3, 0.4) is 0 Å². The number of hydrogen-bond acceptors (Lipinski definition) is 4. The average Bonchev–Trinajstić information content (AvgIpc) is 2.88. The Morgan fingerprint density at radius 1 is 1.50 bits per heavy atom. The van der Waals surface area contributed by atoms with Crippen molar-refractivity contribution in [1.82, 2.24) is 14.6 Å². The summed E-state index contributed by atoms with van der Waals surface area (Å²) in [6, 6.07) is 3.77. The molecule has 96 valence electrons. The lowest BCUT2D eigenvalue weighted by molar-refractivity contribution is -0.122. The van der Waals surface area contributed by atoms with Gasteiger partial charge in [-0.1, -0.05) is 11.6 Å². The molecule has 2 aliphatic rings. The standard InChI is InChI=1S/C12H14ClN3OS/c1-14-12(17)11-8-5-16(6-9(8)11)18-7-2-3-10(13)15-4-7/h2-4,8-9,11H,5-6H2,1H3,(H,14,17)/t8-,9+,11?. The van der Waals surface area contributed by atoms with Crippen LogP contribution >= 0.6 is 23.5 Å². The number of nitrogens with one attached hydrogen (secondary N) is 1. The first kappa shape index (κ1) is 12.3. The van der Waals surface area contributed by atoms with Gasteiger partial charge in [0.05, 0.1) is 0 Å². The van der Waals surface area contributed by atoms with E-state index in [2.05, 4.69) is 14.6 Å². The van der Waals surface area contributed by atoms with Crippen LogP contribution in [-0.4, -0.2) is 35.3 Å². The summed E-state index contributed by atoms with van der Waals surface area (Å²) in [5, 5.41) is 3.25. The van der Waals surface area contributed by atoms with Gasteiger partial charge in [-0.3, -0.25) is 4.79 Å². The molecule has 2 fully saturated rings. The number of carbonyl (C=O) groups is 1. The summed E-state index contributed by atoms with van der Waals surface area (Å²) >= 11 is 7.45. The third kappa shape index (κ3) is 2.22. The first-order chi connectivity index (χ1) is 8.69. The topological polar surface area (TPSA) is 45.2 Å². The van der Waals surface area contributed by atoms with Crippen LogP contribution < -0.4 is 5.32 Å². The molecule has 1 aliphatic heterocycles. The first-order valence-corrected chi connectivity index (χ1v) is 7.10. The van der Waals surface area contributed by atoms with E-state index in [1.807, 2.05) is 6.07 Å². The summed E-state index contributed by atoms with van der Waals surface area (Å²) < 4.78 is 2.31. The molecule has 6 heteroatoms. The molecular formula is C12H14ClN3OS. The predicted octanol–water partition coefficient (Wildman–Crippen LogP) is 1.67. The highest BCUT2D eigenvalue weighted by Crippen LogP contribution is 2.53. The zero-order valence-electron chi connectivity index (χ0n) is 9.97. The second-order valence-electron chi connectivity index (χ2n) is 4.72. The van der Waals surface area contributed by atoms with Gasteiger partial charge in [0.2, 0.25) is 5.91 Å². The minimum Gasteiger partial charge on any atom is -0.359 e. The van der Waals surface area contributed by atoms with Gasteiger partial charge in [0.15, 0.2) is 0 Å².